The topological polar surface area (TPSA) is 88.1 Å². The second-order valence-corrected chi connectivity index (χ2v) is 7.02. The van der Waals surface area contributed by atoms with E-state index in [9.17, 15) is 4.79 Å². The molecule has 1 aliphatic rings. The number of hydrogen-bond acceptors (Lipinski definition) is 5. The van der Waals surface area contributed by atoms with E-state index in [-0.39, 0.29) is 36.1 Å². The van der Waals surface area contributed by atoms with Crippen LogP contribution in [-0.2, 0) is 4.74 Å². The van der Waals surface area contributed by atoms with E-state index >= 15 is 0 Å². The predicted octanol–water partition coefficient (Wildman–Crippen LogP) is 2.25. The third kappa shape index (κ3) is 8.63. The van der Waals surface area contributed by atoms with E-state index in [1.54, 1.807) is 17.3 Å². The number of carbonyl (C=O) groups is 1. The maximum Gasteiger partial charge on any atom is 0.410 e. The van der Waals surface area contributed by atoms with Gasteiger partial charge in [-0.1, -0.05) is 0 Å². The van der Waals surface area contributed by atoms with Crippen molar-refractivity contribution < 1.29 is 14.3 Å². The maximum absolute atomic E-state index is 12.0. The minimum absolute atomic E-state index is 0. The van der Waals surface area contributed by atoms with Gasteiger partial charge in [0.15, 0.2) is 5.96 Å². The van der Waals surface area contributed by atoms with Gasteiger partial charge in [-0.3, -0.25) is 4.98 Å². The number of hydrogen-bond donors (Lipinski definition) is 2. The average molecular weight is 491 g/mol. The fourth-order valence-corrected chi connectivity index (χ4v) is 2.31. The second kappa shape index (κ2) is 11.2. The summed E-state index contributed by atoms with van der Waals surface area (Å²) in [5.41, 5.74) is -0.472. The van der Waals surface area contributed by atoms with Crippen molar-refractivity contribution >= 4 is 36.0 Å². The van der Waals surface area contributed by atoms with Gasteiger partial charge >= 0.3 is 6.09 Å². The molecule has 8 nitrogen and oxygen atoms in total. The number of rotatable bonds is 6. The van der Waals surface area contributed by atoms with Crippen LogP contribution < -0.4 is 15.4 Å². The predicted molar refractivity (Wildman–Crippen MR) is 116 cm³/mol. The highest BCUT2D eigenvalue weighted by Crippen LogP contribution is 2.15. The molecule has 2 N–H and O–H groups in total. The number of nitrogens with one attached hydrogen (secondary N) is 2. The molecule has 1 aromatic rings. The summed E-state index contributed by atoms with van der Waals surface area (Å²) in [6.45, 7) is 10.6. The molecule has 0 spiro atoms. The minimum Gasteiger partial charge on any atom is -0.490 e. The lowest BCUT2D eigenvalue weighted by Gasteiger charge is -2.40. The fraction of sp³-hybridized carbons (Fsp3) is 0.611. The zero-order valence-electron chi connectivity index (χ0n) is 16.4. The summed E-state index contributed by atoms with van der Waals surface area (Å²) >= 11 is 0. The normalized spacial score (nSPS) is 14.7. The highest BCUT2D eigenvalue weighted by molar-refractivity contribution is 14.0. The lowest BCUT2D eigenvalue weighted by atomic mass is 10.1. The Hall–Kier alpha value is -1.78. The molecule has 0 unspecified atom stereocenters. The number of aromatic nitrogens is 1. The van der Waals surface area contributed by atoms with Crippen LogP contribution >= 0.6 is 24.0 Å². The van der Waals surface area contributed by atoms with Crippen LogP contribution in [0.3, 0.4) is 0 Å². The van der Waals surface area contributed by atoms with Gasteiger partial charge in [0.1, 0.15) is 18.0 Å². The van der Waals surface area contributed by atoms with Crippen LogP contribution in [-0.4, -0.2) is 66.4 Å². The first-order valence-corrected chi connectivity index (χ1v) is 8.93. The third-order valence-corrected chi connectivity index (χ3v) is 3.48. The Morgan fingerprint density at radius 3 is 2.74 bits per heavy atom. The van der Waals surface area contributed by atoms with Gasteiger partial charge < -0.3 is 25.0 Å². The quantitative estimate of drug-likeness (QED) is 0.275. The molecule has 2 heterocycles. The highest BCUT2D eigenvalue weighted by atomic mass is 127. The van der Waals surface area contributed by atoms with Crippen molar-refractivity contribution in [2.45, 2.75) is 39.3 Å². The monoisotopic (exact) mass is 491 g/mol. The van der Waals surface area contributed by atoms with Gasteiger partial charge in [0.2, 0.25) is 0 Å². The van der Waals surface area contributed by atoms with Gasteiger partial charge in [-0.2, -0.15) is 0 Å². The van der Waals surface area contributed by atoms with Gasteiger partial charge in [-0.15, -0.1) is 24.0 Å². The van der Waals surface area contributed by atoms with Crippen LogP contribution in [0, 0.1) is 0 Å². The number of halogens is 1. The largest absolute Gasteiger partial charge is 0.490 e. The molecule has 1 aliphatic heterocycles. The Balaban J connectivity index is 0.00000364. The first-order valence-electron chi connectivity index (χ1n) is 8.93. The van der Waals surface area contributed by atoms with Crippen LogP contribution in [0.15, 0.2) is 29.5 Å². The molecule has 0 saturated carbocycles. The smallest absolute Gasteiger partial charge is 0.410 e. The second-order valence-electron chi connectivity index (χ2n) is 7.02. The number of guanidine groups is 1. The van der Waals surface area contributed by atoms with E-state index in [1.807, 2.05) is 39.8 Å². The Labute approximate surface area is 178 Å². The lowest BCUT2D eigenvalue weighted by Crippen LogP contribution is -2.63. The zero-order valence-corrected chi connectivity index (χ0v) is 18.7. The summed E-state index contributed by atoms with van der Waals surface area (Å²) in [6.07, 6.45) is 3.10. The van der Waals surface area contributed by atoms with Gasteiger partial charge in [0.05, 0.1) is 18.8 Å². The zero-order chi connectivity index (χ0) is 19.0. The molecule has 152 valence electrons. The van der Waals surface area contributed by atoms with Crippen molar-refractivity contribution in [2.24, 2.45) is 4.99 Å². The SMILES string of the molecule is CCNC(=NCCOc1cccnc1)NC1CN(C(=O)OC(C)(C)C)C1.I. The molecule has 0 radical (unpaired) electrons. The number of aliphatic imine (C=N–C) groups is 1. The molecule has 1 fully saturated rings. The highest BCUT2D eigenvalue weighted by Gasteiger charge is 2.34. The maximum atomic E-state index is 12.0. The van der Waals surface area contributed by atoms with E-state index in [2.05, 4.69) is 20.6 Å². The van der Waals surface area contributed by atoms with Gasteiger partial charge in [-0.25, -0.2) is 9.79 Å². The molecule has 0 aromatic carbocycles. The van der Waals surface area contributed by atoms with Crippen LogP contribution in [0.5, 0.6) is 5.75 Å². The molecule has 0 aliphatic carbocycles. The molecule has 0 atom stereocenters. The standard InChI is InChI=1S/C18H29N5O3.HI/c1-5-20-16(21-9-10-25-15-7-6-8-19-11-15)22-14-12-23(13-14)17(24)26-18(2,3)4;/h6-8,11,14H,5,9-10,12-13H2,1-4H3,(H2,20,21,22);1H. The van der Waals surface area contributed by atoms with E-state index in [0.29, 0.717) is 26.2 Å². The number of carbonyl (C=O) groups excluding carboxylic acids is 1. The summed E-state index contributed by atoms with van der Waals surface area (Å²) in [7, 11) is 0. The summed E-state index contributed by atoms with van der Waals surface area (Å²) in [5.74, 6) is 1.45. The van der Waals surface area contributed by atoms with Crippen molar-refractivity contribution in [1.29, 1.82) is 0 Å². The number of ether oxygens (including phenoxy) is 2. The van der Waals surface area contributed by atoms with Crippen molar-refractivity contribution in [2.75, 3.05) is 32.8 Å². The molecular formula is C18H30IN5O3. The third-order valence-electron chi connectivity index (χ3n) is 3.48. The molecule has 2 rings (SSSR count). The first-order chi connectivity index (χ1) is 12.4. The van der Waals surface area contributed by atoms with Crippen molar-refractivity contribution in [1.82, 2.24) is 20.5 Å². The minimum atomic E-state index is -0.472. The fourth-order valence-electron chi connectivity index (χ4n) is 2.31. The number of pyridine rings is 1. The van der Waals surface area contributed by atoms with Crippen molar-refractivity contribution in [3.05, 3.63) is 24.5 Å². The van der Waals surface area contributed by atoms with E-state index in [1.165, 1.54) is 0 Å². The van der Waals surface area contributed by atoms with Gasteiger partial charge in [-0.05, 0) is 39.8 Å². The van der Waals surface area contributed by atoms with Crippen LogP contribution in [0.4, 0.5) is 4.79 Å². The molecular weight excluding hydrogens is 461 g/mol. The Bertz CT molecular complexity index is 601. The molecule has 0 bridgehead atoms. The summed E-state index contributed by atoms with van der Waals surface area (Å²) < 4.78 is 10.9. The Kier molecular flexibility index (Phi) is 9.61. The molecule has 9 heteroatoms. The van der Waals surface area contributed by atoms with E-state index in [4.69, 9.17) is 9.47 Å². The lowest BCUT2D eigenvalue weighted by molar-refractivity contribution is 0.00701. The van der Waals surface area contributed by atoms with Crippen LogP contribution in [0.25, 0.3) is 0 Å². The summed E-state index contributed by atoms with van der Waals surface area (Å²) in [5, 5.41) is 6.52. The van der Waals surface area contributed by atoms with Gasteiger partial charge in [0.25, 0.3) is 0 Å². The van der Waals surface area contributed by atoms with E-state index in [0.717, 1.165) is 18.3 Å². The summed E-state index contributed by atoms with van der Waals surface area (Å²) in [6, 6.07) is 3.86. The average Bonchev–Trinajstić information content (AvgIpc) is 2.53. The molecule has 1 aromatic heterocycles. The van der Waals surface area contributed by atoms with Crippen molar-refractivity contribution in [3.8, 4) is 5.75 Å². The van der Waals surface area contributed by atoms with Crippen molar-refractivity contribution in [3.63, 3.8) is 0 Å². The first kappa shape index (κ1) is 23.3. The van der Waals surface area contributed by atoms with Gasteiger partial charge in [0, 0.05) is 25.8 Å². The molecule has 27 heavy (non-hydrogen) atoms. The summed E-state index contributed by atoms with van der Waals surface area (Å²) in [4.78, 5) is 22.1. The van der Waals surface area contributed by atoms with Crippen LogP contribution in [0.1, 0.15) is 27.7 Å². The van der Waals surface area contributed by atoms with Crippen LogP contribution in [0.2, 0.25) is 0 Å². The number of likely N-dealkylation sites (tertiary alicyclic amines) is 1. The molecule has 1 amide bonds. The Morgan fingerprint density at radius 1 is 1.41 bits per heavy atom. The Morgan fingerprint density at radius 2 is 2.15 bits per heavy atom. The number of amides is 1. The number of nitrogens with zero attached hydrogens (tertiary/aromatic N) is 3. The van der Waals surface area contributed by atoms with E-state index < -0.39 is 5.60 Å². The molecule has 1 saturated heterocycles.